The first-order valence-electron chi connectivity index (χ1n) is 12.3. The van der Waals surface area contributed by atoms with Crippen molar-refractivity contribution in [3.63, 3.8) is 0 Å². The average molecular weight is 511 g/mol. The quantitative estimate of drug-likeness (QED) is 0.339. The number of alkyl halides is 3. The minimum atomic E-state index is -4.48. The smallest absolute Gasteiger partial charge is 0.382 e. The lowest BCUT2D eigenvalue weighted by atomic mass is 10.1. The van der Waals surface area contributed by atoms with Crippen molar-refractivity contribution in [1.29, 1.82) is 0 Å². The topological polar surface area (TPSA) is 74.3 Å². The molecule has 1 aromatic heterocycles. The van der Waals surface area contributed by atoms with Gasteiger partial charge in [-0.3, -0.25) is 9.69 Å². The van der Waals surface area contributed by atoms with E-state index in [-0.39, 0.29) is 11.8 Å². The molecule has 0 saturated carbocycles. The molecule has 0 fully saturated rings. The molecule has 0 saturated heterocycles. The molecule has 1 aliphatic rings. The maximum absolute atomic E-state index is 13.5. The van der Waals surface area contributed by atoms with Gasteiger partial charge in [0.1, 0.15) is 0 Å². The van der Waals surface area contributed by atoms with E-state index in [1.807, 2.05) is 13.8 Å². The van der Waals surface area contributed by atoms with Gasteiger partial charge in [0.05, 0.1) is 16.9 Å². The molecule has 0 aliphatic carbocycles. The van der Waals surface area contributed by atoms with E-state index in [2.05, 4.69) is 15.6 Å². The number of pyridine rings is 1. The van der Waals surface area contributed by atoms with E-state index in [1.165, 1.54) is 11.0 Å². The van der Waals surface area contributed by atoms with E-state index in [0.29, 0.717) is 53.4 Å². The Kier molecular flexibility index (Phi) is 7.80. The van der Waals surface area contributed by atoms with Gasteiger partial charge in [-0.1, -0.05) is 37.6 Å². The second-order valence-electron chi connectivity index (χ2n) is 9.12. The van der Waals surface area contributed by atoms with Gasteiger partial charge in [0.15, 0.2) is 11.6 Å². The second-order valence-corrected chi connectivity index (χ2v) is 9.12. The van der Waals surface area contributed by atoms with Gasteiger partial charge in [0.25, 0.3) is 0 Å². The van der Waals surface area contributed by atoms with Crippen LogP contribution in [0.5, 0.6) is 0 Å². The Morgan fingerprint density at radius 3 is 2.65 bits per heavy atom. The normalized spacial score (nSPS) is 15.4. The molecule has 9 heteroatoms. The van der Waals surface area contributed by atoms with Crippen molar-refractivity contribution in [2.45, 2.75) is 51.7 Å². The molecule has 2 aromatic carbocycles. The zero-order valence-corrected chi connectivity index (χ0v) is 20.7. The molecular formula is C28H29F3N4O2. The van der Waals surface area contributed by atoms with Gasteiger partial charge < -0.3 is 10.6 Å². The number of unbranched alkanes of at least 4 members (excludes halogenated alkanes) is 1. The maximum atomic E-state index is 13.5. The fraction of sp³-hybridized carbons (Fsp3) is 0.321. The molecule has 1 aliphatic heterocycles. The van der Waals surface area contributed by atoms with Crippen molar-refractivity contribution in [2.75, 3.05) is 22.1 Å². The third-order valence-electron chi connectivity index (χ3n) is 6.32. The number of Topliss-reactive ketones (excluding diaryl/α,β-unsaturated/α-hetero) is 1. The number of aromatic nitrogens is 1. The number of benzene rings is 2. The number of nitrogens with one attached hydrogen (secondary N) is 2. The Labute approximate surface area is 213 Å². The minimum Gasteiger partial charge on any atom is -0.382 e. The molecule has 1 atom stereocenters. The number of urea groups is 1. The molecule has 0 bridgehead atoms. The van der Waals surface area contributed by atoms with Crippen LogP contribution in [-0.2, 0) is 6.18 Å². The molecule has 0 spiro atoms. The molecular weight excluding hydrogens is 481 g/mol. The summed E-state index contributed by atoms with van der Waals surface area (Å²) in [5.74, 6) is 0.343. The van der Waals surface area contributed by atoms with Gasteiger partial charge in [-0.15, -0.1) is 0 Å². The molecule has 37 heavy (non-hydrogen) atoms. The van der Waals surface area contributed by atoms with E-state index < -0.39 is 17.8 Å². The standard InChI is InChI=1S/C28H29F3N4O2/c1-3-4-11-25(36)20-8-6-10-22(17-20)33-27(37)35-18(2)14-15-32-24-13-12-23(34-26(24)35)19-7-5-9-21(16-19)28(29,30)31/h5-10,12-13,16-18,32H,3-4,11,14-15H2,1-2H3,(H,33,37)/t18-/m1/s1. The number of carbonyl (C=O) groups is 2. The van der Waals surface area contributed by atoms with Crippen molar-refractivity contribution >= 4 is 29.0 Å². The third-order valence-corrected chi connectivity index (χ3v) is 6.32. The van der Waals surface area contributed by atoms with Gasteiger partial charge in [-0.05, 0) is 56.2 Å². The van der Waals surface area contributed by atoms with Crippen LogP contribution in [0.2, 0.25) is 0 Å². The number of anilines is 3. The van der Waals surface area contributed by atoms with Crippen LogP contribution in [0.1, 0.15) is 55.5 Å². The highest BCUT2D eigenvalue weighted by atomic mass is 19.4. The van der Waals surface area contributed by atoms with Gasteiger partial charge >= 0.3 is 12.2 Å². The highest BCUT2D eigenvalue weighted by molar-refractivity contribution is 6.05. The summed E-state index contributed by atoms with van der Waals surface area (Å²) >= 11 is 0. The summed E-state index contributed by atoms with van der Waals surface area (Å²) in [5.41, 5.74) is 1.47. The molecule has 194 valence electrons. The average Bonchev–Trinajstić information content (AvgIpc) is 3.04. The van der Waals surface area contributed by atoms with Crippen LogP contribution >= 0.6 is 0 Å². The summed E-state index contributed by atoms with van der Waals surface area (Å²) in [6.07, 6.45) is -1.69. The number of fused-ring (bicyclic) bond motifs is 1. The fourth-order valence-corrected chi connectivity index (χ4v) is 4.27. The number of halogens is 3. The van der Waals surface area contributed by atoms with Gasteiger partial charge in [0, 0.05) is 35.8 Å². The van der Waals surface area contributed by atoms with Crippen molar-refractivity contribution in [1.82, 2.24) is 4.98 Å². The van der Waals surface area contributed by atoms with Crippen molar-refractivity contribution in [2.24, 2.45) is 0 Å². The van der Waals surface area contributed by atoms with Crippen LogP contribution in [-0.4, -0.2) is 29.4 Å². The van der Waals surface area contributed by atoms with E-state index >= 15 is 0 Å². The lowest BCUT2D eigenvalue weighted by molar-refractivity contribution is -0.137. The Morgan fingerprint density at radius 1 is 1.11 bits per heavy atom. The predicted molar refractivity (Wildman–Crippen MR) is 139 cm³/mol. The van der Waals surface area contributed by atoms with Crippen LogP contribution < -0.4 is 15.5 Å². The van der Waals surface area contributed by atoms with Crippen LogP contribution in [0.15, 0.2) is 60.7 Å². The van der Waals surface area contributed by atoms with E-state index in [1.54, 1.807) is 42.5 Å². The molecule has 3 aromatic rings. The Balaban J connectivity index is 1.65. The van der Waals surface area contributed by atoms with Crippen LogP contribution in [0, 0.1) is 0 Å². The van der Waals surface area contributed by atoms with Crippen LogP contribution in [0.3, 0.4) is 0 Å². The lowest BCUT2D eigenvalue weighted by Crippen LogP contribution is -2.42. The first kappa shape index (κ1) is 26.2. The predicted octanol–water partition coefficient (Wildman–Crippen LogP) is 7.38. The molecule has 2 amide bonds. The van der Waals surface area contributed by atoms with Gasteiger partial charge in [-0.25, -0.2) is 9.78 Å². The molecule has 2 heterocycles. The largest absolute Gasteiger partial charge is 0.416 e. The summed E-state index contributed by atoms with van der Waals surface area (Å²) < 4.78 is 39.8. The summed E-state index contributed by atoms with van der Waals surface area (Å²) in [6.45, 7) is 4.51. The Bertz CT molecular complexity index is 1290. The Morgan fingerprint density at radius 2 is 1.89 bits per heavy atom. The number of ketones is 1. The summed E-state index contributed by atoms with van der Waals surface area (Å²) in [5, 5.41) is 6.12. The minimum absolute atomic E-state index is 0.0167. The zero-order valence-electron chi connectivity index (χ0n) is 20.7. The van der Waals surface area contributed by atoms with Crippen molar-refractivity contribution < 1.29 is 22.8 Å². The van der Waals surface area contributed by atoms with Gasteiger partial charge in [-0.2, -0.15) is 13.2 Å². The first-order valence-corrected chi connectivity index (χ1v) is 12.3. The first-order chi connectivity index (χ1) is 17.7. The van der Waals surface area contributed by atoms with Crippen LogP contribution in [0.25, 0.3) is 11.3 Å². The van der Waals surface area contributed by atoms with E-state index in [9.17, 15) is 22.8 Å². The maximum Gasteiger partial charge on any atom is 0.416 e. The van der Waals surface area contributed by atoms with E-state index in [0.717, 1.165) is 25.0 Å². The fourth-order valence-electron chi connectivity index (χ4n) is 4.27. The summed E-state index contributed by atoms with van der Waals surface area (Å²) in [6, 6.07) is 14.5. The highest BCUT2D eigenvalue weighted by Crippen LogP contribution is 2.35. The Hall–Kier alpha value is -3.88. The molecule has 0 unspecified atom stereocenters. The number of rotatable bonds is 6. The van der Waals surface area contributed by atoms with Crippen molar-refractivity contribution in [3.05, 3.63) is 71.8 Å². The molecule has 0 radical (unpaired) electrons. The molecule has 6 nitrogen and oxygen atoms in total. The molecule has 2 N–H and O–H groups in total. The van der Waals surface area contributed by atoms with Crippen LogP contribution in [0.4, 0.5) is 35.2 Å². The summed E-state index contributed by atoms with van der Waals surface area (Å²) in [7, 11) is 0. The SMILES string of the molecule is CCCCC(=O)c1cccc(NC(=O)N2c3nc(-c4cccc(C(F)(F)F)c4)ccc3NCC[C@H]2C)c1. The van der Waals surface area contributed by atoms with Crippen molar-refractivity contribution in [3.8, 4) is 11.3 Å². The number of amides is 2. The van der Waals surface area contributed by atoms with Gasteiger partial charge in [0.2, 0.25) is 0 Å². The number of hydrogen-bond acceptors (Lipinski definition) is 4. The van der Waals surface area contributed by atoms with E-state index in [4.69, 9.17) is 0 Å². The third kappa shape index (κ3) is 6.10. The monoisotopic (exact) mass is 510 g/mol. The number of carbonyl (C=O) groups excluding carboxylic acids is 2. The second kappa shape index (κ2) is 11.0. The number of hydrogen-bond donors (Lipinski definition) is 2. The summed E-state index contributed by atoms with van der Waals surface area (Å²) in [4.78, 5) is 32.1. The molecule has 4 rings (SSSR count). The highest BCUT2D eigenvalue weighted by Gasteiger charge is 2.31. The zero-order chi connectivity index (χ0) is 26.6. The lowest BCUT2D eigenvalue weighted by Gasteiger charge is -2.27. The number of nitrogens with zero attached hydrogens (tertiary/aromatic N) is 2.